The molecule has 0 radical (unpaired) electrons. The van der Waals surface area contributed by atoms with Crippen LogP contribution < -0.4 is 18.9 Å². The SMILES string of the molecule is COc1ccc(-c2cccc(C[C@H]3N=C(CC4=N[C@H](Cc5cccc(-c6ccc(OC)cc6)c5)C(c5ccc(OC)cc5)O4)OC3c3ccc(OC)cc3)c2)cc1. The summed E-state index contributed by atoms with van der Waals surface area (Å²) in [6.45, 7) is 0. The van der Waals surface area contributed by atoms with Crippen LogP contribution >= 0.6 is 0 Å². The second kappa shape index (κ2) is 17.1. The van der Waals surface area contributed by atoms with Crippen LogP contribution in [0.4, 0.5) is 0 Å². The third-order valence-corrected chi connectivity index (χ3v) is 10.6. The number of benzene rings is 6. The maximum absolute atomic E-state index is 6.72. The van der Waals surface area contributed by atoms with Crippen molar-refractivity contribution in [2.24, 2.45) is 9.98 Å². The summed E-state index contributed by atoms with van der Waals surface area (Å²) in [5.41, 5.74) is 8.94. The van der Waals surface area contributed by atoms with Gasteiger partial charge in [0, 0.05) is 0 Å². The van der Waals surface area contributed by atoms with Crippen molar-refractivity contribution < 1.29 is 28.4 Å². The molecule has 6 aromatic rings. The Hall–Kier alpha value is -6.54. The Kier molecular flexibility index (Phi) is 11.2. The Bertz CT molecular complexity index is 2170. The molecule has 4 atom stereocenters. The molecule has 0 amide bonds. The van der Waals surface area contributed by atoms with Gasteiger partial charge in [-0.2, -0.15) is 0 Å². The van der Waals surface area contributed by atoms with E-state index in [2.05, 4.69) is 97.1 Å². The van der Waals surface area contributed by atoms with Crippen molar-refractivity contribution in [3.05, 3.63) is 168 Å². The molecule has 0 fully saturated rings. The van der Waals surface area contributed by atoms with Gasteiger partial charge in [-0.15, -0.1) is 0 Å². The molecule has 0 bridgehead atoms. The molecule has 0 aliphatic carbocycles. The molecule has 2 unspecified atom stereocenters. The lowest BCUT2D eigenvalue weighted by Crippen LogP contribution is -2.18. The zero-order valence-electron chi connectivity index (χ0n) is 32.6. The summed E-state index contributed by atoms with van der Waals surface area (Å²) in [6.07, 6.45) is 1.17. The van der Waals surface area contributed by atoms with Crippen molar-refractivity contribution in [2.75, 3.05) is 28.4 Å². The van der Waals surface area contributed by atoms with Gasteiger partial charge in [0.25, 0.3) is 0 Å². The molecule has 6 aromatic carbocycles. The summed E-state index contributed by atoms with van der Waals surface area (Å²) in [5, 5.41) is 0. The highest BCUT2D eigenvalue weighted by molar-refractivity contribution is 5.98. The highest BCUT2D eigenvalue weighted by Gasteiger charge is 2.37. The molecule has 8 nitrogen and oxygen atoms in total. The Morgan fingerprint density at radius 3 is 1.12 bits per heavy atom. The molecule has 8 rings (SSSR count). The summed E-state index contributed by atoms with van der Waals surface area (Å²) in [4.78, 5) is 10.4. The van der Waals surface area contributed by atoms with Crippen LogP contribution in [-0.4, -0.2) is 52.3 Å². The molecule has 0 saturated heterocycles. The van der Waals surface area contributed by atoms with E-state index in [-0.39, 0.29) is 24.3 Å². The molecule has 2 aliphatic rings. The van der Waals surface area contributed by atoms with E-state index < -0.39 is 0 Å². The molecule has 0 aromatic heterocycles. The van der Waals surface area contributed by atoms with Gasteiger partial charge in [0.15, 0.2) is 11.8 Å². The third kappa shape index (κ3) is 8.65. The van der Waals surface area contributed by atoms with E-state index in [9.17, 15) is 0 Å². The molecule has 8 heteroatoms. The van der Waals surface area contributed by atoms with E-state index in [1.54, 1.807) is 28.4 Å². The number of hydrogen-bond donors (Lipinski definition) is 0. The van der Waals surface area contributed by atoms with Crippen LogP contribution in [0.2, 0.25) is 0 Å². The smallest absolute Gasteiger partial charge is 0.193 e. The molecule has 2 heterocycles. The largest absolute Gasteiger partial charge is 0.497 e. The maximum Gasteiger partial charge on any atom is 0.193 e. The van der Waals surface area contributed by atoms with Crippen LogP contribution in [0.1, 0.15) is 40.9 Å². The average molecular weight is 759 g/mol. The second-order valence-electron chi connectivity index (χ2n) is 14.2. The molecule has 0 spiro atoms. The number of methoxy groups -OCH3 is 4. The third-order valence-electron chi connectivity index (χ3n) is 10.6. The first-order valence-corrected chi connectivity index (χ1v) is 19.2. The van der Waals surface area contributed by atoms with Crippen LogP contribution in [0, 0.1) is 0 Å². The van der Waals surface area contributed by atoms with Crippen molar-refractivity contribution in [1.82, 2.24) is 0 Å². The van der Waals surface area contributed by atoms with Gasteiger partial charge in [0.2, 0.25) is 0 Å². The summed E-state index contributed by atoms with van der Waals surface area (Å²) in [6, 6.07) is 49.3. The van der Waals surface area contributed by atoms with Crippen LogP contribution in [0.5, 0.6) is 23.0 Å². The van der Waals surface area contributed by atoms with Gasteiger partial charge in [-0.1, -0.05) is 97.1 Å². The second-order valence-corrected chi connectivity index (χ2v) is 14.2. The minimum atomic E-state index is -0.286. The lowest BCUT2D eigenvalue weighted by Gasteiger charge is -2.19. The zero-order valence-corrected chi connectivity index (χ0v) is 32.6. The number of nitrogens with zero attached hydrogens (tertiary/aromatic N) is 2. The summed E-state index contributed by atoms with van der Waals surface area (Å²) >= 11 is 0. The van der Waals surface area contributed by atoms with E-state index in [1.807, 2.05) is 48.5 Å². The van der Waals surface area contributed by atoms with Crippen LogP contribution in [0.15, 0.2) is 156 Å². The maximum atomic E-state index is 6.72. The standard InChI is InChI=1S/C49H46N2O6/c1-52-40-19-11-34(12-20-40)38-9-5-7-32(27-38)29-44-48(36-15-23-42(54-3)24-16-36)56-46(50-44)31-47-51-45(49(57-47)37-17-25-43(55-4)26-18-37)30-33-8-6-10-39(28-33)35-13-21-41(53-2)22-14-35/h5-28,44-45,48-49H,29-31H2,1-4H3/t44-,45-,48?,49?/m1/s1. The number of hydrogen-bond acceptors (Lipinski definition) is 8. The van der Waals surface area contributed by atoms with Crippen LogP contribution in [0.3, 0.4) is 0 Å². The van der Waals surface area contributed by atoms with Gasteiger partial charge in [-0.25, -0.2) is 9.98 Å². The number of aliphatic imine (C=N–C) groups is 2. The van der Waals surface area contributed by atoms with Gasteiger partial charge < -0.3 is 28.4 Å². The quantitative estimate of drug-likeness (QED) is 0.110. The van der Waals surface area contributed by atoms with E-state index in [4.69, 9.17) is 38.4 Å². The van der Waals surface area contributed by atoms with Crippen molar-refractivity contribution in [1.29, 1.82) is 0 Å². The van der Waals surface area contributed by atoms with Crippen molar-refractivity contribution in [3.8, 4) is 45.3 Å². The molecule has 2 aliphatic heterocycles. The normalized spacial score (nSPS) is 18.5. The first kappa shape index (κ1) is 37.4. The monoisotopic (exact) mass is 758 g/mol. The molecule has 288 valence electrons. The lowest BCUT2D eigenvalue weighted by atomic mass is 9.95. The fourth-order valence-corrected chi connectivity index (χ4v) is 7.60. The van der Waals surface area contributed by atoms with Gasteiger partial charge in [-0.05, 0) is 106 Å². The topological polar surface area (TPSA) is 80.1 Å². The summed E-state index contributed by atoms with van der Waals surface area (Å²) in [7, 11) is 6.71. The van der Waals surface area contributed by atoms with E-state index in [0.29, 0.717) is 31.1 Å². The average Bonchev–Trinajstić information content (AvgIpc) is 3.86. The fraction of sp³-hybridized carbons (Fsp3) is 0.224. The highest BCUT2D eigenvalue weighted by Crippen LogP contribution is 2.37. The molecular formula is C49H46N2O6. The number of rotatable bonds is 14. The first-order valence-electron chi connectivity index (χ1n) is 19.2. The van der Waals surface area contributed by atoms with E-state index in [1.165, 1.54) is 11.1 Å². The number of ether oxygens (including phenoxy) is 6. The zero-order chi connectivity index (χ0) is 39.1. The van der Waals surface area contributed by atoms with Gasteiger partial charge >= 0.3 is 0 Å². The van der Waals surface area contributed by atoms with Crippen LogP contribution in [-0.2, 0) is 22.3 Å². The Labute approximate surface area is 334 Å². The van der Waals surface area contributed by atoms with Crippen molar-refractivity contribution in [2.45, 2.75) is 43.6 Å². The van der Waals surface area contributed by atoms with Crippen LogP contribution in [0.25, 0.3) is 22.3 Å². The minimum Gasteiger partial charge on any atom is -0.497 e. The predicted octanol–water partition coefficient (Wildman–Crippen LogP) is 10.3. The van der Waals surface area contributed by atoms with Gasteiger partial charge in [0.05, 0.1) is 46.9 Å². The highest BCUT2D eigenvalue weighted by atomic mass is 16.5. The van der Waals surface area contributed by atoms with Crippen molar-refractivity contribution >= 4 is 11.8 Å². The first-order chi connectivity index (χ1) is 28.0. The van der Waals surface area contributed by atoms with Gasteiger partial charge in [-0.3, -0.25) is 0 Å². The van der Waals surface area contributed by atoms with E-state index >= 15 is 0 Å². The fourth-order valence-electron chi connectivity index (χ4n) is 7.60. The Morgan fingerprint density at radius 1 is 0.421 bits per heavy atom. The predicted molar refractivity (Wildman–Crippen MR) is 225 cm³/mol. The van der Waals surface area contributed by atoms with Gasteiger partial charge in [0.1, 0.15) is 35.2 Å². The summed E-state index contributed by atoms with van der Waals surface area (Å²) < 4.78 is 35.1. The summed E-state index contributed by atoms with van der Waals surface area (Å²) in [5.74, 6) is 4.47. The minimum absolute atomic E-state index is 0.157. The van der Waals surface area contributed by atoms with Crippen molar-refractivity contribution in [3.63, 3.8) is 0 Å². The Morgan fingerprint density at radius 2 is 0.772 bits per heavy atom. The molecule has 0 saturated carbocycles. The van der Waals surface area contributed by atoms with E-state index in [0.717, 1.165) is 56.4 Å². The lowest BCUT2D eigenvalue weighted by molar-refractivity contribution is 0.181. The molecule has 0 N–H and O–H groups in total. The molecule has 57 heavy (non-hydrogen) atoms. The Balaban J connectivity index is 1.06. The molecular weight excluding hydrogens is 713 g/mol.